The smallest absolute Gasteiger partial charge is 0.233 e. The van der Waals surface area contributed by atoms with E-state index in [2.05, 4.69) is 0 Å². The van der Waals surface area contributed by atoms with Crippen LogP contribution in [0.1, 0.15) is 38.7 Å². The van der Waals surface area contributed by atoms with Crippen molar-refractivity contribution in [3.8, 4) is 0 Å². The normalized spacial score (nSPS) is 17.1. The number of rotatable bonds is 4. The molecule has 0 spiro atoms. The number of amides is 1. The van der Waals surface area contributed by atoms with E-state index in [9.17, 15) is 9.18 Å². The molecular formula is C15H20FNO. The maximum Gasteiger partial charge on any atom is 0.233 e. The SMILES string of the molecule is CCN(CC)C(=O)C1(c2ccc(F)cc2)CCC1. The van der Waals surface area contributed by atoms with E-state index in [1.165, 1.54) is 12.1 Å². The van der Waals surface area contributed by atoms with Gasteiger partial charge in [-0.25, -0.2) is 4.39 Å². The van der Waals surface area contributed by atoms with Crippen molar-refractivity contribution >= 4 is 5.91 Å². The molecule has 1 aliphatic carbocycles. The van der Waals surface area contributed by atoms with Gasteiger partial charge in [0, 0.05) is 13.1 Å². The zero-order valence-corrected chi connectivity index (χ0v) is 11.1. The Kier molecular flexibility index (Phi) is 3.69. The van der Waals surface area contributed by atoms with Crippen molar-refractivity contribution in [3.05, 3.63) is 35.6 Å². The highest BCUT2D eigenvalue weighted by Crippen LogP contribution is 2.45. The molecule has 18 heavy (non-hydrogen) atoms. The number of carbonyl (C=O) groups excluding carboxylic acids is 1. The molecule has 0 atom stereocenters. The molecule has 1 aromatic carbocycles. The Morgan fingerprint density at radius 3 is 2.17 bits per heavy atom. The molecule has 0 radical (unpaired) electrons. The van der Waals surface area contributed by atoms with Gasteiger partial charge in [-0.15, -0.1) is 0 Å². The van der Waals surface area contributed by atoms with Gasteiger partial charge < -0.3 is 4.90 Å². The van der Waals surface area contributed by atoms with Crippen molar-refractivity contribution in [1.82, 2.24) is 4.90 Å². The molecule has 1 fully saturated rings. The molecule has 2 nitrogen and oxygen atoms in total. The number of hydrogen-bond acceptors (Lipinski definition) is 1. The van der Waals surface area contributed by atoms with Crippen molar-refractivity contribution in [2.75, 3.05) is 13.1 Å². The maximum atomic E-state index is 13.0. The van der Waals surface area contributed by atoms with Crippen LogP contribution in [0.25, 0.3) is 0 Å². The lowest BCUT2D eigenvalue weighted by molar-refractivity contribution is -0.140. The first kappa shape index (κ1) is 13.1. The summed E-state index contributed by atoms with van der Waals surface area (Å²) in [4.78, 5) is 14.5. The number of nitrogens with zero attached hydrogens (tertiary/aromatic N) is 1. The maximum absolute atomic E-state index is 13.0. The summed E-state index contributed by atoms with van der Waals surface area (Å²) in [5.41, 5.74) is 0.576. The van der Waals surface area contributed by atoms with Crippen LogP contribution in [0.4, 0.5) is 4.39 Å². The topological polar surface area (TPSA) is 20.3 Å². The molecule has 0 aromatic heterocycles. The van der Waals surface area contributed by atoms with Gasteiger partial charge in [-0.2, -0.15) is 0 Å². The van der Waals surface area contributed by atoms with Gasteiger partial charge in [0.1, 0.15) is 5.82 Å². The van der Waals surface area contributed by atoms with E-state index < -0.39 is 0 Å². The van der Waals surface area contributed by atoms with Crippen molar-refractivity contribution in [3.63, 3.8) is 0 Å². The molecule has 0 heterocycles. The van der Waals surface area contributed by atoms with Gasteiger partial charge in [0.25, 0.3) is 0 Å². The minimum atomic E-state index is -0.389. The Labute approximate surface area is 108 Å². The fraction of sp³-hybridized carbons (Fsp3) is 0.533. The van der Waals surface area contributed by atoms with Gasteiger partial charge in [0.15, 0.2) is 0 Å². The molecule has 1 saturated carbocycles. The average Bonchev–Trinajstić information content (AvgIpc) is 2.32. The second kappa shape index (κ2) is 5.09. The van der Waals surface area contributed by atoms with Crippen molar-refractivity contribution < 1.29 is 9.18 Å². The van der Waals surface area contributed by atoms with E-state index in [1.807, 2.05) is 18.7 Å². The van der Waals surface area contributed by atoms with Gasteiger partial charge in [0.2, 0.25) is 5.91 Å². The largest absolute Gasteiger partial charge is 0.342 e. The molecule has 1 aliphatic rings. The minimum Gasteiger partial charge on any atom is -0.342 e. The molecule has 0 saturated heterocycles. The monoisotopic (exact) mass is 249 g/mol. The quantitative estimate of drug-likeness (QED) is 0.803. The molecule has 0 N–H and O–H groups in total. The average molecular weight is 249 g/mol. The lowest BCUT2D eigenvalue weighted by atomic mass is 9.63. The number of carbonyl (C=O) groups is 1. The van der Waals surface area contributed by atoms with Gasteiger partial charge >= 0.3 is 0 Å². The fourth-order valence-electron chi connectivity index (χ4n) is 2.74. The predicted octanol–water partition coefficient (Wildman–Crippen LogP) is 3.12. The van der Waals surface area contributed by atoms with E-state index >= 15 is 0 Å². The highest BCUT2D eigenvalue weighted by atomic mass is 19.1. The van der Waals surface area contributed by atoms with Crippen LogP contribution in [-0.4, -0.2) is 23.9 Å². The van der Waals surface area contributed by atoms with E-state index in [-0.39, 0.29) is 17.1 Å². The molecule has 1 aromatic rings. The van der Waals surface area contributed by atoms with Crippen molar-refractivity contribution in [1.29, 1.82) is 0 Å². The summed E-state index contributed by atoms with van der Waals surface area (Å²) in [7, 11) is 0. The highest BCUT2D eigenvalue weighted by Gasteiger charge is 2.47. The van der Waals surface area contributed by atoms with Gasteiger partial charge in [0.05, 0.1) is 5.41 Å². The summed E-state index contributed by atoms with van der Waals surface area (Å²) in [6, 6.07) is 6.42. The van der Waals surface area contributed by atoms with Crippen molar-refractivity contribution in [2.24, 2.45) is 0 Å². The third-order valence-electron chi connectivity index (χ3n) is 4.06. The zero-order chi connectivity index (χ0) is 13.2. The summed E-state index contributed by atoms with van der Waals surface area (Å²) in [6.45, 7) is 5.47. The molecule has 2 rings (SSSR count). The van der Waals surface area contributed by atoms with E-state index in [1.54, 1.807) is 12.1 Å². The third-order valence-corrected chi connectivity index (χ3v) is 4.06. The number of halogens is 1. The second-order valence-corrected chi connectivity index (χ2v) is 4.92. The van der Waals surface area contributed by atoms with Gasteiger partial charge in [-0.05, 0) is 44.4 Å². The third kappa shape index (κ3) is 2.02. The van der Waals surface area contributed by atoms with Gasteiger partial charge in [-0.1, -0.05) is 18.6 Å². The zero-order valence-electron chi connectivity index (χ0n) is 11.1. The molecule has 1 amide bonds. The molecule has 98 valence electrons. The highest BCUT2D eigenvalue weighted by molar-refractivity contribution is 5.89. The molecule has 0 bridgehead atoms. The summed E-state index contributed by atoms with van der Waals surface area (Å²) in [5, 5.41) is 0. The Morgan fingerprint density at radius 2 is 1.78 bits per heavy atom. The van der Waals surface area contributed by atoms with E-state index in [0.29, 0.717) is 0 Å². The summed E-state index contributed by atoms with van der Waals surface area (Å²) in [5.74, 6) is -0.0473. The second-order valence-electron chi connectivity index (χ2n) is 4.92. The first-order valence-corrected chi connectivity index (χ1v) is 6.69. The number of benzene rings is 1. The standard InChI is InChI=1S/C15H20FNO/c1-3-17(4-2)14(18)15(10-5-11-15)12-6-8-13(16)9-7-12/h6-9H,3-5,10-11H2,1-2H3. The minimum absolute atomic E-state index is 0.199. The Hall–Kier alpha value is -1.38. The number of hydrogen-bond donors (Lipinski definition) is 0. The fourth-order valence-corrected chi connectivity index (χ4v) is 2.74. The van der Waals surface area contributed by atoms with Crippen LogP contribution in [0.3, 0.4) is 0 Å². The number of likely N-dealkylation sites (N-methyl/N-ethyl adjacent to an activating group) is 1. The summed E-state index contributed by atoms with van der Waals surface area (Å²) >= 11 is 0. The lowest BCUT2D eigenvalue weighted by Crippen LogP contribution is -2.51. The first-order chi connectivity index (χ1) is 8.64. The molecule has 3 heteroatoms. The van der Waals surface area contributed by atoms with Crippen LogP contribution in [0.5, 0.6) is 0 Å². The lowest BCUT2D eigenvalue weighted by Gasteiger charge is -2.43. The van der Waals surface area contributed by atoms with Crippen LogP contribution in [-0.2, 0) is 10.2 Å². The predicted molar refractivity (Wildman–Crippen MR) is 69.9 cm³/mol. The van der Waals surface area contributed by atoms with E-state index in [0.717, 1.165) is 37.9 Å². The Bertz CT molecular complexity index is 419. The van der Waals surface area contributed by atoms with Crippen LogP contribution >= 0.6 is 0 Å². The Balaban J connectivity index is 2.30. The van der Waals surface area contributed by atoms with E-state index in [4.69, 9.17) is 0 Å². The molecule has 0 aliphatic heterocycles. The Morgan fingerprint density at radius 1 is 1.22 bits per heavy atom. The molecular weight excluding hydrogens is 229 g/mol. The molecule has 0 unspecified atom stereocenters. The summed E-state index contributed by atoms with van der Waals surface area (Å²) in [6.07, 6.45) is 2.84. The van der Waals surface area contributed by atoms with Crippen LogP contribution in [0, 0.1) is 5.82 Å². The van der Waals surface area contributed by atoms with Gasteiger partial charge in [-0.3, -0.25) is 4.79 Å². The van der Waals surface area contributed by atoms with Crippen LogP contribution in [0.15, 0.2) is 24.3 Å². The van der Waals surface area contributed by atoms with Crippen molar-refractivity contribution in [2.45, 2.75) is 38.5 Å². The first-order valence-electron chi connectivity index (χ1n) is 6.69. The van der Waals surface area contributed by atoms with Crippen LogP contribution in [0.2, 0.25) is 0 Å². The summed E-state index contributed by atoms with van der Waals surface area (Å²) < 4.78 is 13.0. The van der Waals surface area contributed by atoms with Crippen LogP contribution < -0.4 is 0 Å².